The predicted molar refractivity (Wildman–Crippen MR) is 94.9 cm³/mol. The first-order chi connectivity index (χ1) is 9.72. The lowest BCUT2D eigenvalue weighted by Crippen LogP contribution is -2.24. The van der Waals surface area contributed by atoms with Gasteiger partial charge in [-0.1, -0.05) is 89.3 Å². The molecule has 0 aromatic rings. The van der Waals surface area contributed by atoms with E-state index in [2.05, 4.69) is 11.8 Å². The highest BCUT2D eigenvalue weighted by molar-refractivity contribution is 8.13. The van der Waals surface area contributed by atoms with Gasteiger partial charge in [0.25, 0.3) is 0 Å². The van der Waals surface area contributed by atoms with Crippen LogP contribution in [-0.4, -0.2) is 29.9 Å². The van der Waals surface area contributed by atoms with Crippen LogP contribution in [-0.2, 0) is 0 Å². The Morgan fingerprint density at radius 3 is 1.60 bits per heavy atom. The van der Waals surface area contributed by atoms with E-state index in [-0.39, 0.29) is 0 Å². The summed E-state index contributed by atoms with van der Waals surface area (Å²) in [4.78, 5) is 2.06. The maximum Gasteiger partial charge on any atom is 0.155 e. The fourth-order valence-electron chi connectivity index (χ4n) is 2.45. The van der Waals surface area contributed by atoms with Crippen LogP contribution >= 0.6 is 11.8 Å². The summed E-state index contributed by atoms with van der Waals surface area (Å²) in [6, 6.07) is 0. The van der Waals surface area contributed by atoms with Crippen molar-refractivity contribution in [2.45, 2.75) is 84.0 Å². The van der Waals surface area contributed by atoms with E-state index >= 15 is 0 Å². The molecule has 0 heterocycles. The summed E-state index contributed by atoms with van der Waals surface area (Å²) in [6.45, 7) is 3.32. The summed E-state index contributed by atoms with van der Waals surface area (Å²) < 4.78 is 0. The summed E-state index contributed by atoms with van der Waals surface area (Å²) in [5.41, 5.74) is 0. The maximum atomic E-state index is 7.69. The number of amidine groups is 1. The Labute approximate surface area is 131 Å². The first-order valence-electron chi connectivity index (χ1n) is 8.56. The van der Waals surface area contributed by atoms with Crippen molar-refractivity contribution in [3.63, 3.8) is 0 Å². The van der Waals surface area contributed by atoms with E-state index in [9.17, 15) is 0 Å². The van der Waals surface area contributed by atoms with Gasteiger partial charge in [-0.2, -0.15) is 0 Å². The number of nitrogens with zero attached hydrogens (tertiary/aromatic N) is 1. The highest BCUT2D eigenvalue weighted by Gasteiger charge is 2.01. The third-order valence-corrected chi connectivity index (χ3v) is 4.59. The summed E-state index contributed by atoms with van der Waals surface area (Å²) in [6.07, 6.45) is 18.7. The third-order valence-electron chi connectivity index (χ3n) is 3.89. The number of rotatable bonds is 13. The Hall–Kier alpha value is -0.180. The molecule has 120 valence electrons. The molecule has 0 spiro atoms. The Bertz CT molecular complexity index is 219. The Morgan fingerprint density at radius 2 is 1.20 bits per heavy atom. The fraction of sp³-hybridized carbons (Fsp3) is 0.941. The molecule has 0 rings (SSSR count). The van der Waals surface area contributed by atoms with Crippen LogP contribution in [0.3, 0.4) is 0 Å². The van der Waals surface area contributed by atoms with E-state index in [1.807, 2.05) is 13.3 Å². The van der Waals surface area contributed by atoms with Crippen molar-refractivity contribution < 1.29 is 0 Å². The molecular weight excluding hydrogens is 264 g/mol. The van der Waals surface area contributed by atoms with E-state index in [1.54, 1.807) is 0 Å². The van der Waals surface area contributed by atoms with Gasteiger partial charge in [-0.25, -0.2) is 0 Å². The van der Waals surface area contributed by atoms with Gasteiger partial charge in [0.2, 0.25) is 0 Å². The van der Waals surface area contributed by atoms with Crippen LogP contribution in [0.4, 0.5) is 0 Å². The number of thioether (sulfide) groups is 1. The van der Waals surface area contributed by atoms with Crippen LogP contribution < -0.4 is 0 Å². The van der Waals surface area contributed by atoms with Crippen LogP contribution in [0.15, 0.2) is 0 Å². The zero-order valence-corrected chi connectivity index (χ0v) is 14.9. The molecule has 0 aliphatic carbocycles. The van der Waals surface area contributed by atoms with Crippen LogP contribution in [0, 0.1) is 5.41 Å². The van der Waals surface area contributed by atoms with E-state index in [1.165, 1.54) is 88.8 Å². The van der Waals surface area contributed by atoms with Crippen LogP contribution in [0.5, 0.6) is 0 Å². The van der Waals surface area contributed by atoms with Gasteiger partial charge in [-0.05, 0) is 12.7 Å². The van der Waals surface area contributed by atoms with Crippen LogP contribution in [0.2, 0.25) is 0 Å². The van der Waals surface area contributed by atoms with Gasteiger partial charge in [0.05, 0.1) is 0 Å². The van der Waals surface area contributed by atoms with Gasteiger partial charge in [-0.3, -0.25) is 5.41 Å². The zero-order valence-electron chi connectivity index (χ0n) is 14.0. The maximum absolute atomic E-state index is 7.69. The molecule has 0 atom stereocenters. The van der Waals surface area contributed by atoms with Gasteiger partial charge in [0.15, 0.2) is 5.17 Å². The van der Waals surface area contributed by atoms with Gasteiger partial charge in [-0.15, -0.1) is 0 Å². The van der Waals surface area contributed by atoms with Gasteiger partial charge < -0.3 is 4.90 Å². The molecule has 3 heteroatoms. The molecule has 0 unspecified atom stereocenters. The van der Waals surface area contributed by atoms with E-state index in [0.717, 1.165) is 6.54 Å². The topological polar surface area (TPSA) is 27.1 Å². The minimum Gasteiger partial charge on any atom is -0.355 e. The Kier molecular flexibility index (Phi) is 15.1. The number of unbranched alkanes of at least 4 members (excludes halogenated alkanes) is 11. The van der Waals surface area contributed by atoms with E-state index < -0.39 is 0 Å². The Morgan fingerprint density at radius 1 is 0.800 bits per heavy atom. The minimum atomic E-state index is 0.688. The van der Waals surface area contributed by atoms with Crippen molar-refractivity contribution in [1.82, 2.24) is 4.90 Å². The normalized spacial score (nSPS) is 10.8. The van der Waals surface area contributed by atoms with Gasteiger partial charge >= 0.3 is 0 Å². The lowest BCUT2D eigenvalue weighted by molar-refractivity contribution is 0.468. The molecule has 1 N–H and O–H groups in total. The van der Waals surface area contributed by atoms with Gasteiger partial charge in [0, 0.05) is 13.6 Å². The molecule has 0 fully saturated rings. The first-order valence-corrected chi connectivity index (χ1v) is 9.78. The number of hydrogen-bond donors (Lipinski definition) is 1. The molecule has 0 radical (unpaired) electrons. The SMILES string of the molecule is CCCCCCCCCCCCCCN(C)C(=N)SC. The Balaban J connectivity index is 3.11. The van der Waals surface area contributed by atoms with Crippen molar-refractivity contribution in [2.75, 3.05) is 19.8 Å². The molecular formula is C17H36N2S. The molecule has 0 bridgehead atoms. The molecule has 0 aliphatic rings. The predicted octanol–water partition coefficient (Wildman–Crippen LogP) is 5.92. The second kappa shape index (κ2) is 15.2. The van der Waals surface area contributed by atoms with Crippen LogP contribution in [0.25, 0.3) is 0 Å². The number of hydrogen-bond acceptors (Lipinski definition) is 2. The largest absolute Gasteiger partial charge is 0.355 e. The standard InChI is InChI=1S/C17H36N2S/c1-4-5-6-7-8-9-10-11-12-13-14-15-16-19(2)17(18)20-3/h18H,4-16H2,1-3H3. The monoisotopic (exact) mass is 300 g/mol. The lowest BCUT2D eigenvalue weighted by Gasteiger charge is -2.17. The average molecular weight is 301 g/mol. The lowest BCUT2D eigenvalue weighted by atomic mass is 10.1. The molecule has 0 amide bonds. The highest BCUT2D eigenvalue weighted by atomic mass is 32.2. The second-order valence-electron chi connectivity index (χ2n) is 5.82. The summed E-state index contributed by atoms with van der Waals surface area (Å²) >= 11 is 1.53. The molecule has 0 saturated carbocycles. The van der Waals surface area contributed by atoms with E-state index in [0.29, 0.717) is 5.17 Å². The van der Waals surface area contributed by atoms with Crippen molar-refractivity contribution >= 4 is 16.9 Å². The smallest absolute Gasteiger partial charge is 0.155 e. The summed E-state index contributed by atoms with van der Waals surface area (Å²) in [5.74, 6) is 0. The van der Waals surface area contributed by atoms with Crippen molar-refractivity contribution in [2.24, 2.45) is 0 Å². The number of nitrogens with one attached hydrogen (secondary N) is 1. The highest BCUT2D eigenvalue weighted by Crippen LogP contribution is 2.12. The first kappa shape index (κ1) is 19.8. The molecule has 0 aromatic heterocycles. The van der Waals surface area contributed by atoms with Crippen molar-refractivity contribution in [1.29, 1.82) is 5.41 Å². The van der Waals surface area contributed by atoms with Crippen molar-refractivity contribution in [3.05, 3.63) is 0 Å². The fourth-order valence-corrected chi connectivity index (χ4v) is 2.85. The van der Waals surface area contributed by atoms with Crippen LogP contribution in [0.1, 0.15) is 84.0 Å². The van der Waals surface area contributed by atoms with Gasteiger partial charge in [0.1, 0.15) is 0 Å². The molecule has 0 saturated heterocycles. The second-order valence-corrected chi connectivity index (χ2v) is 6.61. The molecule has 2 nitrogen and oxygen atoms in total. The summed E-state index contributed by atoms with van der Waals surface area (Å²) in [7, 11) is 2.03. The summed E-state index contributed by atoms with van der Waals surface area (Å²) in [5, 5.41) is 8.37. The van der Waals surface area contributed by atoms with E-state index in [4.69, 9.17) is 5.41 Å². The molecule has 20 heavy (non-hydrogen) atoms. The molecule has 0 aliphatic heterocycles. The minimum absolute atomic E-state index is 0.688. The molecule has 0 aromatic carbocycles. The third kappa shape index (κ3) is 12.8. The quantitative estimate of drug-likeness (QED) is 0.260. The average Bonchev–Trinajstić information content (AvgIpc) is 2.47. The van der Waals surface area contributed by atoms with Crippen molar-refractivity contribution in [3.8, 4) is 0 Å². The zero-order chi connectivity index (χ0) is 15.1.